The molecule has 3 aromatic heterocycles. The smallest absolute Gasteiger partial charge is 0.298 e. The predicted octanol–water partition coefficient (Wildman–Crippen LogP) is 2.23. The highest BCUT2D eigenvalue weighted by Gasteiger charge is 2.31. The highest BCUT2D eigenvalue weighted by atomic mass is 16.2. The van der Waals surface area contributed by atoms with Crippen LogP contribution in [0.4, 0.5) is 11.8 Å². The first-order valence-corrected chi connectivity index (χ1v) is 11.5. The maximum absolute atomic E-state index is 12.7. The summed E-state index contributed by atoms with van der Waals surface area (Å²) in [6.45, 7) is 2.71. The maximum atomic E-state index is 12.7. The first kappa shape index (κ1) is 23.5. The van der Waals surface area contributed by atoms with Crippen molar-refractivity contribution in [2.24, 2.45) is 0 Å². The monoisotopic (exact) mass is 491 g/mol. The van der Waals surface area contributed by atoms with Gasteiger partial charge < -0.3 is 16.0 Å². The third-order valence-corrected chi connectivity index (χ3v) is 6.11. The van der Waals surface area contributed by atoms with Crippen LogP contribution in [0.5, 0.6) is 0 Å². The molecule has 0 bridgehead atoms. The molecule has 11 heteroatoms. The fraction of sp³-hybridized carbons (Fsp3) is 0.192. The Kier molecular flexibility index (Phi) is 6.18. The number of imidazole rings is 1. The van der Waals surface area contributed by atoms with Crippen molar-refractivity contribution in [3.8, 4) is 29.3 Å². The van der Waals surface area contributed by atoms with Crippen LogP contribution >= 0.6 is 0 Å². The summed E-state index contributed by atoms with van der Waals surface area (Å²) >= 11 is 0. The number of rotatable bonds is 4. The number of aromatic nitrogens is 5. The van der Waals surface area contributed by atoms with Gasteiger partial charge >= 0.3 is 0 Å². The maximum Gasteiger partial charge on any atom is 0.298 e. The van der Waals surface area contributed by atoms with Crippen LogP contribution in [-0.2, 0) is 4.79 Å². The van der Waals surface area contributed by atoms with Crippen LogP contribution in [0.15, 0.2) is 48.9 Å². The third-order valence-electron chi connectivity index (χ3n) is 6.11. The molecule has 1 aliphatic heterocycles. The van der Waals surface area contributed by atoms with E-state index in [4.69, 9.17) is 16.0 Å². The molecular weight excluding hydrogens is 470 g/mol. The third kappa shape index (κ3) is 4.54. The quantitative estimate of drug-likeness (QED) is 0.412. The molecule has 11 nitrogen and oxygen atoms in total. The molecule has 4 heterocycles. The number of hydrogen-bond donors (Lipinski definition) is 2. The average Bonchev–Trinajstić information content (AvgIpc) is 3.55. The minimum Gasteiger partial charge on any atom is -0.369 e. The zero-order valence-electron chi connectivity index (χ0n) is 19.8. The number of benzene rings is 1. The van der Waals surface area contributed by atoms with Crippen LogP contribution in [0.1, 0.15) is 40.9 Å². The van der Waals surface area contributed by atoms with Gasteiger partial charge in [0.05, 0.1) is 17.3 Å². The van der Waals surface area contributed by atoms with Crippen molar-refractivity contribution < 1.29 is 9.59 Å². The number of nitrogens with one attached hydrogen (secondary N) is 1. The van der Waals surface area contributed by atoms with Gasteiger partial charge in [-0.2, -0.15) is 5.26 Å². The SMILES string of the molecule is CC#CC(=O)N1CCC(c2nc(-c3ccc(C(=O)Nc4cc(C#N)ccn4)cc3)n3c(N)ncnc23)C1. The lowest BCUT2D eigenvalue weighted by molar-refractivity contribution is -0.124. The second-order valence-electron chi connectivity index (χ2n) is 8.40. The second-order valence-corrected chi connectivity index (χ2v) is 8.40. The summed E-state index contributed by atoms with van der Waals surface area (Å²) in [4.78, 5) is 44.1. The van der Waals surface area contributed by atoms with Gasteiger partial charge in [-0.1, -0.05) is 18.1 Å². The van der Waals surface area contributed by atoms with Crippen LogP contribution in [0.25, 0.3) is 17.0 Å². The molecule has 1 aromatic carbocycles. The van der Waals surface area contributed by atoms with E-state index in [1.165, 1.54) is 18.6 Å². The summed E-state index contributed by atoms with van der Waals surface area (Å²) in [6, 6.07) is 11.9. The van der Waals surface area contributed by atoms with Crippen LogP contribution in [0.3, 0.4) is 0 Å². The normalized spacial score (nSPS) is 14.6. The second kappa shape index (κ2) is 9.76. The summed E-state index contributed by atoms with van der Waals surface area (Å²) in [6.07, 6.45) is 3.58. The van der Waals surface area contributed by atoms with Crippen molar-refractivity contribution in [2.75, 3.05) is 24.1 Å². The van der Waals surface area contributed by atoms with Gasteiger partial charge in [0.15, 0.2) is 5.65 Å². The molecule has 2 amide bonds. The molecule has 5 rings (SSSR count). The molecule has 1 saturated heterocycles. The molecular formula is C26H21N9O2. The minimum atomic E-state index is -0.364. The van der Waals surface area contributed by atoms with Gasteiger partial charge in [-0.3, -0.25) is 9.59 Å². The Balaban J connectivity index is 1.43. The van der Waals surface area contributed by atoms with E-state index in [9.17, 15) is 9.59 Å². The van der Waals surface area contributed by atoms with Gasteiger partial charge in [0.1, 0.15) is 18.0 Å². The average molecular weight is 492 g/mol. The van der Waals surface area contributed by atoms with E-state index in [-0.39, 0.29) is 29.5 Å². The van der Waals surface area contributed by atoms with Crippen molar-refractivity contribution in [1.82, 2.24) is 29.2 Å². The van der Waals surface area contributed by atoms with E-state index in [0.717, 1.165) is 12.1 Å². The Morgan fingerprint density at radius 1 is 1.16 bits per heavy atom. The van der Waals surface area contributed by atoms with Crippen molar-refractivity contribution in [3.63, 3.8) is 0 Å². The van der Waals surface area contributed by atoms with Crippen molar-refractivity contribution in [1.29, 1.82) is 5.26 Å². The van der Waals surface area contributed by atoms with Crippen LogP contribution in [0, 0.1) is 23.2 Å². The number of nitriles is 1. The van der Waals surface area contributed by atoms with E-state index in [1.807, 2.05) is 6.07 Å². The topological polar surface area (TPSA) is 155 Å². The summed E-state index contributed by atoms with van der Waals surface area (Å²) in [5, 5.41) is 11.7. The Morgan fingerprint density at radius 2 is 1.97 bits per heavy atom. The number of carbonyl (C=O) groups excluding carboxylic acids is 2. The van der Waals surface area contributed by atoms with Crippen LogP contribution in [-0.4, -0.2) is 54.1 Å². The van der Waals surface area contributed by atoms with Crippen molar-refractivity contribution in [3.05, 3.63) is 65.7 Å². The van der Waals surface area contributed by atoms with E-state index in [0.29, 0.717) is 41.3 Å². The summed E-state index contributed by atoms with van der Waals surface area (Å²) in [5.74, 6) is 5.70. The number of anilines is 2. The molecule has 4 aromatic rings. The molecule has 1 aliphatic rings. The van der Waals surface area contributed by atoms with E-state index in [2.05, 4.69) is 32.1 Å². The fourth-order valence-corrected chi connectivity index (χ4v) is 4.32. The number of fused-ring (bicyclic) bond motifs is 1. The number of nitrogens with zero attached hydrogens (tertiary/aromatic N) is 7. The zero-order valence-corrected chi connectivity index (χ0v) is 19.8. The molecule has 0 radical (unpaired) electrons. The molecule has 1 atom stereocenters. The lowest BCUT2D eigenvalue weighted by atomic mass is 10.1. The van der Waals surface area contributed by atoms with E-state index < -0.39 is 0 Å². The van der Waals surface area contributed by atoms with Crippen LogP contribution in [0.2, 0.25) is 0 Å². The Bertz CT molecular complexity index is 1620. The van der Waals surface area contributed by atoms with Crippen LogP contribution < -0.4 is 11.1 Å². The Morgan fingerprint density at radius 3 is 2.73 bits per heavy atom. The van der Waals surface area contributed by atoms with E-state index >= 15 is 0 Å². The largest absolute Gasteiger partial charge is 0.369 e. The molecule has 182 valence electrons. The number of carbonyl (C=O) groups is 2. The first-order valence-electron chi connectivity index (χ1n) is 11.5. The molecule has 0 spiro atoms. The summed E-state index contributed by atoms with van der Waals surface area (Å²) < 4.78 is 1.68. The molecule has 3 N–H and O–H groups in total. The number of likely N-dealkylation sites (tertiary alicyclic amines) is 1. The van der Waals surface area contributed by atoms with Gasteiger partial charge in [-0.25, -0.2) is 24.3 Å². The first-order chi connectivity index (χ1) is 18.0. The number of hydrogen-bond acceptors (Lipinski definition) is 8. The number of pyridine rings is 1. The van der Waals surface area contributed by atoms with Gasteiger partial charge in [0.25, 0.3) is 11.8 Å². The fourth-order valence-electron chi connectivity index (χ4n) is 4.32. The standard InChI is InChI=1S/C26H21N9O2/c1-2-3-21(36)34-11-9-19(14-34)22-24-30-15-31-26(28)35(24)23(33-22)17-4-6-18(7-5-17)25(37)32-20-12-16(13-27)8-10-29-20/h4-8,10,12,15,19H,9,11,14H2,1H3,(H2,28,30,31)(H,29,32,37). The highest BCUT2D eigenvalue weighted by Crippen LogP contribution is 2.33. The summed E-state index contributed by atoms with van der Waals surface area (Å²) in [7, 11) is 0. The van der Waals surface area contributed by atoms with Gasteiger partial charge in [-0.05, 0) is 43.5 Å². The summed E-state index contributed by atoms with van der Waals surface area (Å²) in [5.41, 5.74) is 9.03. The number of amides is 2. The molecule has 0 saturated carbocycles. The molecule has 0 aliphatic carbocycles. The Hall–Kier alpha value is -5.29. The lowest BCUT2D eigenvalue weighted by Gasteiger charge is -2.12. The predicted molar refractivity (Wildman–Crippen MR) is 135 cm³/mol. The zero-order chi connectivity index (χ0) is 25.9. The highest BCUT2D eigenvalue weighted by molar-refractivity contribution is 6.04. The van der Waals surface area contributed by atoms with Gasteiger partial charge in [-0.15, -0.1) is 0 Å². The number of nitrogen functional groups attached to an aromatic ring is 1. The van der Waals surface area contributed by atoms with E-state index in [1.54, 1.807) is 46.6 Å². The van der Waals surface area contributed by atoms with Crippen molar-refractivity contribution >= 4 is 29.2 Å². The molecule has 1 fully saturated rings. The lowest BCUT2D eigenvalue weighted by Crippen LogP contribution is -2.27. The Labute approximate surface area is 212 Å². The van der Waals surface area contributed by atoms with Crippen molar-refractivity contribution in [2.45, 2.75) is 19.3 Å². The van der Waals surface area contributed by atoms with Gasteiger partial charge in [0, 0.05) is 36.3 Å². The molecule has 1 unspecified atom stereocenters. The number of nitrogens with two attached hydrogens (primary N) is 1. The minimum absolute atomic E-state index is 0.0256. The van der Waals surface area contributed by atoms with Gasteiger partial charge in [0.2, 0.25) is 5.95 Å². The molecule has 37 heavy (non-hydrogen) atoms.